The zero-order chi connectivity index (χ0) is 16.6. The number of nitrogens with zero attached hydrogens (tertiary/aromatic N) is 1. The molecule has 118 valence electrons. The molecule has 1 atom stereocenters. The molecule has 1 N–H and O–H groups in total. The second kappa shape index (κ2) is 6.12. The van der Waals surface area contributed by atoms with Gasteiger partial charge in [0.15, 0.2) is 0 Å². The van der Waals surface area contributed by atoms with Gasteiger partial charge < -0.3 is 10.2 Å². The Hall–Kier alpha value is -2.21. The van der Waals surface area contributed by atoms with Crippen LogP contribution in [-0.2, 0) is 16.1 Å². The standard InChI is InChI=1S/C17H14BrFN2O2/c1-10(22)20-16-13-8-12(18)6-7-15(13)21(17(16)23)9-11-4-2-3-5-14(11)19/h2-8,16H,9H2,1H3,(H,20,22)/t16-/m1/s1. The van der Waals surface area contributed by atoms with Gasteiger partial charge in [0.2, 0.25) is 5.91 Å². The number of anilines is 1. The molecule has 3 rings (SSSR count). The second-order valence-electron chi connectivity index (χ2n) is 5.35. The SMILES string of the molecule is CC(=O)N[C@H]1C(=O)N(Cc2ccccc2F)c2ccc(Br)cc21. The van der Waals surface area contributed by atoms with E-state index in [1.54, 1.807) is 30.3 Å². The fourth-order valence-corrected chi connectivity index (χ4v) is 3.09. The van der Waals surface area contributed by atoms with Crippen LogP contribution in [0.3, 0.4) is 0 Å². The van der Waals surface area contributed by atoms with Crippen molar-refractivity contribution in [2.75, 3.05) is 4.90 Å². The Morgan fingerprint density at radius 3 is 2.74 bits per heavy atom. The Bertz CT molecular complexity index is 794. The van der Waals surface area contributed by atoms with E-state index in [9.17, 15) is 14.0 Å². The smallest absolute Gasteiger partial charge is 0.254 e. The predicted molar refractivity (Wildman–Crippen MR) is 88.3 cm³/mol. The van der Waals surface area contributed by atoms with Gasteiger partial charge >= 0.3 is 0 Å². The van der Waals surface area contributed by atoms with E-state index < -0.39 is 6.04 Å². The molecule has 2 aromatic rings. The summed E-state index contributed by atoms with van der Waals surface area (Å²) >= 11 is 3.37. The van der Waals surface area contributed by atoms with Gasteiger partial charge in [-0.05, 0) is 24.3 Å². The Balaban J connectivity index is 2.00. The molecule has 1 aliphatic rings. The van der Waals surface area contributed by atoms with E-state index in [2.05, 4.69) is 21.2 Å². The van der Waals surface area contributed by atoms with Crippen molar-refractivity contribution in [3.8, 4) is 0 Å². The van der Waals surface area contributed by atoms with Gasteiger partial charge in [-0.1, -0.05) is 34.1 Å². The molecule has 0 aromatic heterocycles. The summed E-state index contributed by atoms with van der Waals surface area (Å²) in [7, 11) is 0. The lowest BCUT2D eigenvalue weighted by atomic mass is 10.1. The van der Waals surface area contributed by atoms with Gasteiger partial charge in [0.05, 0.1) is 6.54 Å². The summed E-state index contributed by atoms with van der Waals surface area (Å²) in [6.07, 6.45) is 0. The molecule has 6 heteroatoms. The van der Waals surface area contributed by atoms with E-state index in [0.717, 1.165) is 4.47 Å². The first-order chi connectivity index (χ1) is 11.0. The van der Waals surface area contributed by atoms with E-state index in [4.69, 9.17) is 0 Å². The van der Waals surface area contributed by atoms with Crippen molar-refractivity contribution in [3.63, 3.8) is 0 Å². The molecule has 4 nitrogen and oxygen atoms in total. The summed E-state index contributed by atoms with van der Waals surface area (Å²) in [6.45, 7) is 1.49. The quantitative estimate of drug-likeness (QED) is 0.893. The number of hydrogen-bond donors (Lipinski definition) is 1. The van der Waals surface area contributed by atoms with Crippen LogP contribution in [0.4, 0.5) is 10.1 Å². The van der Waals surface area contributed by atoms with Crippen LogP contribution in [0.2, 0.25) is 0 Å². The summed E-state index contributed by atoms with van der Waals surface area (Å²) in [5, 5.41) is 2.66. The lowest BCUT2D eigenvalue weighted by Gasteiger charge is -2.18. The molecule has 0 saturated carbocycles. The molecule has 0 saturated heterocycles. The second-order valence-corrected chi connectivity index (χ2v) is 6.27. The highest BCUT2D eigenvalue weighted by Gasteiger charge is 2.38. The third-order valence-electron chi connectivity index (χ3n) is 3.74. The fraction of sp³-hybridized carbons (Fsp3) is 0.176. The summed E-state index contributed by atoms with van der Waals surface area (Å²) in [6, 6.07) is 11.0. The predicted octanol–water partition coefficient (Wildman–Crippen LogP) is 3.31. The fourth-order valence-electron chi connectivity index (χ4n) is 2.71. The normalized spacial score (nSPS) is 16.4. The van der Waals surface area contributed by atoms with Crippen LogP contribution < -0.4 is 10.2 Å². The number of benzene rings is 2. The van der Waals surface area contributed by atoms with Gasteiger partial charge in [-0.2, -0.15) is 0 Å². The number of amides is 2. The highest BCUT2D eigenvalue weighted by atomic mass is 79.9. The van der Waals surface area contributed by atoms with Gasteiger partial charge in [-0.25, -0.2) is 4.39 Å². The Morgan fingerprint density at radius 1 is 1.30 bits per heavy atom. The largest absolute Gasteiger partial charge is 0.341 e. The molecular weight excluding hydrogens is 363 g/mol. The number of fused-ring (bicyclic) bond motifs is 1. The van der Waals surface area contributed by atoms with Crippen molar-refractivity contribution >= 4 is 33.4 Å². The van der Waals surface area contributed by atoms with Gasteiger partial charge in [-0.3, -0.25) is 9.59 Å². The summed E-state index contributed by atoms with van der Waals surface area (Å²) < 4.78 is 14.7. The lowest BCUT2D eigenvalue weighted by Crippen LogP contribution is -2.36. The number of rotatable bonds is 3. The van der Waals surface area contributed by atoms with E-state index >= 15 is 0 Å². The van der Waals surface area contributed by atoms with Crippen molar-refractivity contribution in [1.29, 1.82) is 0 Å². The maximum absolute atomic E-state index is 13.9. The first-order valence-electron chi connectivity index (χ1n) is 7.08. The summed E-state index contributed by atoms with van der Waals surface area (Å²) in [5.74, 6) is -0.916. The molecule has 0 fully saturated rings. The van der Waals surface area contributed by atoms with Crippen LogP contribution >= 0.6 is 15.9 Å². The number of nitrogens with one attached hydrogen (secondary N) is 1. The molecule has 1 heterocycles. The molecule has 1 aliphatic heterocycles. The summed E-state index contributed by atoms with van der Waals surface area (Å²) in [5.41, 5.74) is 1.81. The van der Waals surface area contributed by atoms with E-state index in [1.165, 1.54) is 17.9 Å². The molecule has 2 aromatic carbocycles. The molecular formula is C17H14BrFN2O2. The van der Waals surface area contributed by atoms with Crippen LogP contribution in [-0.4, -0.2) is 11.8 Å². The zero-order valence-electron chi connectivity index (χ0n) is 12.3. The highest BCUT2D eigenvalue weighted by Crippen LogP contribution is 2.38. The van der Waals surface area contributed by atoms with Crippen LogP contribution in [0.1, 0.15) is 24.1 Å². The molecule has 23 heavy (non-hydrogen) atoms. The lowest BCUT2D eigenvalue weighted by molar-refractivity contribution is -0.126. The monoisotopic (exact) mass is 376 g/mol. The van der Waals surface area contributed by atoms with Crippen LogP contribution in [0.15, 0.2) is 46.9 Å². The minimum atomic E-state index is -0.744. The van der Waals surface area contributed by atoms with Crippen molar-refractivity contribution < 1.29 is 14.0 Å². The Morgan fingerprint density at radius 2 is 2.04 bits per heavy atom. The van der Waals surface area contributed by atoms with Crippen molar-refractivity contribution in [3.05, 3.63) is 63.9 Å². The van der Waals surface area contributed by atoms with Crippen LogP contribution in [0.25, 0.3) is 0 Å². The number of hydrogen-bond acceptors (Lipinski definition) is 2. The van der Waals surface area contributed by atoms with Crippen LogP contribution in [0, 0.1) is 5.82 Å². The first-order valence-corrected chi connectivity index (χ1v) is 7.88. The van der Waals surface area contributed by atoms with Crippen molar-refractivity contribution in [1.82, 2.24) is 5.32 Å². The van der Waals surface area contributed by atoms with E-state index in [0.29, 0.717) is 16.8 Å². The van der Waals surface area contributed by atoms with Gasteiger partial charge in [0.1, 0.15) is 11.9 Å². The minimum Gasteiger partial charge on any atom is -0.341 e. The average molecular weight is 377 g/mol. The van der Waals surface area contributed by atoms with Crippen molar-refractivity contribution in [2.45, 2.75) is 19.5 Å². The number of carbonyl (C=O) groups excluding carboxylic acids is 2. The van der Waals surface area contributed by atoms with Gasteiger partial charge in [0.25, 0.3) is 5.91 Å². The minimum absolute atomic E-state index is 0.121. The number of halogens is 2. The molecule has 2 amide bonds. The molecule has 0 aliphatic carbocycles. The third-order valence-corrected chi connectivity index (χ3v) is 4.23. The molecule has 0 unspecified atom stereocenters. The highest BCUT2D eigenvalue weighted by molar-refractivity contribution is 9.10. The average Bonchev–Trinajstić information content (AvgIpc) is 2.74. The maximum Gasteiger partial charge on any atom is 0.254 e. The number of carbonyl (C=O) groups is 2. The van der Waals surface area contributed by atoms with E-state index in [1.807, 2.05) is 6.07 Å². The zero-order valence-corrected chi connectivity index (χ0v) is 13.9. The topological polar surface area (TPSA) is 49.4 Å². The van der Waals surface area contributed by atoms with Crippen LogP contribution in [0.5, 0.6) is 0 Å². The Labute approximate surface area is 141 Å². The summed E-state index contributed by atoms with van der Waals surface area (Å²) in [4.78, 5) is 25.6. The maximum atomic E-state index is 13.9. The van der Waals surface area contributed by atoms with Gasteiger partial charge in [0, 0.05) is 28.2 Å². The molecule has 0 radical (unpaired) electrons. The van der Waals surface area contributed by atoms with E-state index in [-0.39, 0.29) is 24.2 Å². The first kappa shape index (κ1) is 15.7. The molecule has 0 spiro atoms. The Kier molecular flexibility index (Phi) is 4.17. The van der Waals surface area contributed by atoms with Crippen molar-refractivity contribution in [2.24, 2.45) is 0 Å². The van der Waals surface area contributed by atoms with Gasteiger partial charge in [-0.15, -0.1) is 0 Å². The molecule has 0 bridgehead atoms. The third kappa shape index (κ3) is 2.99.